The first-order valence-electron chi connectivity index (χ1n) is 9.39. The molecule has 6 heteroatoms. The molecule has 0 unspecified atom stereocenters. The molecule has 1 rings (SSSR count). The molecule has 0 atom stereocenters. The molecule has 0 heterocycles. The molecule has 1 aromatic carbocycles. The Balaban J connectivity index is 2.20. The van der Waals surface area contributed by atoms with Crippen LogP contribution >= 0.6 is 0 Å². The van der Waals surface area contributed by atoms with E-state index in [9.17, 15) is 9.59 Å². The summed E-state index contributed by atoms with van der Waals surface area (Å²) in [6.45, 7) is 8.57. The van der Waals surface area contributed by atoms with Crippen molar-refractivity contribution in [1.29, 1.82) is 0 Å². The van der Waals surface area contributed by atoms with Crippen molar-refractivity contribution in [2.24, 2.45) is 0 Å². The fraction of sp³-hybridized carbons (Fsp3) is 0.619. The number of ether oxygens (including phenoxy) is 3. The number of amides is 1. The average molecular weight is 379 g/mol. The maximum Gasteiger partial charge on any atom is 0.251 e. The van der Waals surface area contributed by atoms with Crippen LogP contribution < -0.4 is 5.32 Å². The highest BCUT2D eigenvalue weighted by Gasteiger charge is 2.15. The van der Waals surface area contributed by atoms with Gasteiger partial charge in [-0.1, -0.05) is 12.1 Å². The Morgan fingerprint density at radius 3 is 2.11 bits per heavy atom. The minimum Gasteiger partial charge on any atom is -0.382 e. The second kappa shape index (κ2) is 12.6. The van der Waals surface area contributed by atoms with Crippen molar-refractivity contribution in [3.8, 4) is 0 Å². The van der Waals surface area contributed by atoms with Crippen LogP contribution in [0.25, 0.3) is 0 Å². The first-order chi connectivity index (χ1) is 12.8. The lowest BCUT2D eigenvalue weighted by atomic mass is 10.0. The molecule has 0 aliphatic heterocycles. The molecule has 1 N–H and O–H groups in total. The van der Waals surface area contributed by atoms with Gasteiger partial charge in [0.05, 0.1) is 26.4 Å². The summed E-state index contributed by atoms with van der Waals surface area (Å²) < 4.78 is 15.6. The van der Waals surface area contributed by atoms with E-state index in [4.69, 9.17) is 14.2 Å². The summed E-state index contributed by atoms with van der Waals surface area (Å²) in [7, 11) is 1.63. The largest absolute Gasteiger partial charge is 0.382 e. The first-order valence-corrected chi connectivity index (χ1v) is 9.39. The van der Waals surface area contributed by atoms with Crippen molar-refractivity contribution in [3.63, 3.8) is 0 Å². The zero-order valence-corrected chi connectivity index (χ0v) is 17.0. The smallest absolute Gasteiger partial charge is 0.251 e. The summed E-state index contributed by atoms with van der Waals surface area (Å²) in [5, 5.41) is 2.92. The van der Waals surface area contributed by atoms with Crippen LogP contribution in [0.3, 0.4) is 0 Å². The minimum atomic E-state index is -0.274. The Hall–Kier alpha value is -1.76. The summed E-state index contributed by atoms with van der Waals surface area (Å²) >= 11 is 0. The maximum atomic E-state index is 12.1. The van der Waals surface area contributed by atoms with Gasteiger partial charge in [0, 0.05) is 37.7 Å². The Kier molecular flexibility index (Phi) is 10.9. The van der Waals surface area contributed by atoms with Gasteiger partial charge in [0.15, 0.2) is 0 Å². The molecule has 0 aromatic heterocycles. The highest BCUT2D eigenvalue weighted by molar-refractivity contribution is 5.94. The molecule has 1 aromatic rings. The molecule has 0 radical (unpaired) electrons. The van der Waals surface area contributed by atoms with Crippen LogP contribution in [-0.4, -0.2) is 57.4 Å². The van der Waals surface area contributed by atoms with E-state index in [2.05, 4.69) is 5.32 Å². The predicted molar refractivity (Wildman–Crippen MR) is 105 cm³/mol. The van der Waals surface area contributed by atoms with Crippen molar-refractivity contribution < 1.29 is 23.8 Å². The molecule has 0 bridgehead atoms. The summed E-state index contributed by atoms with van der Waals surface area (Å²) in [6.07, 6.45) is 1.56. The molecular weight excluding hydrogens is 346 g/mol. The number of nitrogens with one attached hydrogen (secondary N) is 1. The Bertz CT molecular complexity index is 563. The van der Waals surface area contributed by atoms with Gasteiger partial charge in [-0.3, -0.25) is 9.59 Å². The van der Waals surface area contributed by atoms with Crippen molar-refractivity contribution in [2.75, 3.05) is 40.1 Å². The van der Waals surface area contributed by atoms with Crippen LogP contribution in [0.4, 0.5) is 0 Å². The molecule has 27 heavy (non-hydrogen) atoms. The van der Waals surface area contributed by atoms with E-state index < -0.39 is 0 Å². The molecule has 0 aliphatic carbocycles. The number of benzene rings is 1. The summed E-state index contributed by atoms with van der Waals surface area (Å²) in [5.74, 6) is 0.0607. The van der Waals surface area contributed by atoms with Gasteiger partial charge in [0.2, 0.25) is 0 Å². The first kappa shape index (κ1) is 23.3. The second-order valence-electron chi connectivity index (χ2n) is 7.44. The summed E-state index contributed by atoms with van der Waals surface area (Å²) in [6, 6.07) is 7.19. The van der Waals surface area contributed by atoms with E-state index in [-0.39, 0.29) is 17.2 Å². The zero-order valence-electron chi connectivity index (χ0n) is 17.0. The van der Waals surface area contributed by atoms with Crippen molar-refractivity contribution in [1.82, 2.24) is 5.32 Å². The van der Waals surface area contributed by atoms with Gasteiger partial charge in [-0.15, -0.1) is 0 Å². The normalized spacial score (nSPS) is 11.4. The molecular formula is C21H33NO5. The molecule has 6 nitrogen and oxygen atoms in total. The topological polar surface area (TPSA) is 73.9 Å². The van der Waals surface area contributed by atoms with Crippen molar-refractivity contribution in [3.05, 3.63) is 35.4 Å². The third-order valence-electron chi connectivity index (χ3n) is 3.65. The number of Topliss-reactive ketones (excluding diaryl/α,β-unsaturated/α-hetero) is 1. The van der Waals surface area contributed by atoms with E-state index in [1.807, 2.05) is 32.9 Å². The standard InChI is InChI=1S/C21H33NO5/c1-21(2,3)22-20(24)18-9-7-17(8-10-18)16-19(23)6-5-11-26-14-15-27-13-12-25-4/h7-10H,5-6,11-16H2,1-4H3,(H,22,24). The number of ketones is 1. The lowest BCUT2D eigenvalue weighted by Gasteiger charge is -2.20. The number of hydrogen-bond acceptors (Lipinski definition) is 5. The zero-order chi connectivity index (χ0) is 20.1. The quantitative estimate of drug-likeness (QED) is 0.534. The second-order valence-corrected chi connectivity index (χ2v) is 7.44. The summed E-state index contributed by atoms with van der Waals surface area (Å²) in [5.41, 5.74) is 1.24. The van der Waals surface area contributed by atoms with Crippen LogP contribution in [-0.2, 0) is 25.4 Å². The van der Waals surface area contributed by atoms with Gasteiger partial charge < -0.3 is 19.5 Å². The highest BCUT2D eigenvalue weighted by atomic mass is 16.5. The van der Waals surface area contributed by atoms with Gasteiger partial charge in [0.1, 0.15) is 5.78 Å². The Morgan fingerprint density at radius 1 is 0.926 bits per heavy atom. The number of methoxy groups -OCH3 is 1. The van der Waals surface area contributed by atoms with Gasteiger partial charge >= 0.3 is 0 Å². The van der Waals surface area contributed by atoms with Crippen LogP contribution in [0.5, 0.6) is 0 Å². The fourth-order valence-electron chi connectivity index (χ4n) is 2.34. The molecule has 152 valence electrons. The minimum absolute atomic E-state index is 0.108. The highest BCUT2D eigenvalue weighted by Crippen LogP contribution is 2.09. The lowest BCUT2D eigenvalue weighted by Crippen LogP contribution is -2.40. The molecule has 1 amide bonds. The van der Waals surface area contributed by atoms with Gasteiger partial charge in [-0.25, -0.2) is 0 Å². The molecule has 0 saturated carbocycles. The van der Waals surface area contributed by atoms with E-state index in [1.165, 1.54) is 0 Å². The number of carbonyl (C=O) groups excluding carboxylic acids is 2. The fourth-order valence-corrected chi connectivity index (χ4v) is 2.34. The Morgan fingerprint density at radius 2 is 1.52 bits per heavy atom. The number of hydrogen-bond donors (Lipinski definition) is 1. The SMILES string of the molecule is COCCOCCOCCCC(=O)Cc1ccc(C(=O)NC(C)(C)C)cc1. The van der Waals surface area contributed by atoms with Crippen LogP contribution in [0.15, 0.2) is 24.3 Å². The third kappa shape index (κ3) is 11.5. The third-order valence-corrected chi connectivity index (χ3v) is 3.65. The Labute approximate surface area is 162 Å². The van der Waals surface area contributed by atoms with Crippen molar-refractivity contribution in [2.45, 2.75) is 45.6 Å². The van der Waals surface area contributed by atoms with Gasteiger partial charge in [-0.2, -0.15) is 0 Å². The van der Waals surface area contributed by atoms with E-state index in [0.29, 0.717) is 57.9 Å². The van der Waals surface area contributed by atoms with Crippen LogP contribution in [0.1, 0.15) is 49.5 Å². The lowest BCUT2D eigenvalue weighted by molar-refractivity contribution is -0.118. The molecule has 0 aliphatic rings. The number of rotatable bonds is 13. The summed E-state index contributed by atoms with van der Waals surface area (Å²) in [4.78, 5) is 24.1. The van der Waals surface area contributed by atoms with Crippen molar-refractivity contribution >= 4 is 11.7 Å². The van der Waals surface area contributed by atoms with Gasteiger partial charge in [-0.05, 0) is 44.9 Å². The van der Waals surface area contributed by atoms with Crippen LogP contribution in [0, 0.1) is 0 Å². The van der Waals surface area contributed by atoms with E-state index in [1.54, 1.807) is 19.2 Å². The predicted octanol–water partition coefficient (Wildman–Crippen LogP) is 2.79. The molecule has 0 spiro atoms. The van der Waals surface area contributed by atoms with E-state index in [0.717, 1.165) is 5.56 Å². The maximum absolute atomic E-state index is 12.1. The van der Waals surface area contributed by atoms with E-state index >= 15 is 0 Å². The molecule has 0 saturated heterocycles. The average Bonchev–Trinajstić information content (AvgIpc) is 2.59. The monoisotopic (exact) mass is 379 g/mol. The van der Waals surface area contributed by atoms with Crippen LogP contribution in [0.2, 0.25) is 0 Å². The molecule has 0 fully saturated rings. The number of carbonyl (C=O) groups is 2. The van der Waals surface area contributed by atoms with Gasteiger partial charge in [0.25, 0.3) is 5.91 Å².